The minimum atomic E-state index is -4.65. The van der Waals surface area contributed by atoms with Crippen LogP contribution in [-0.4, -0.2) is 32.9 Å². The van der Waals surface area contributed by atoms with Gasteiger partial charge in [-0.05, 0) is 47.4 Å². The van der Waals surface area contributed by atoms with Crippen molar-refractivity contribution in [2.24, 2.45) is 0 Å². The number of fused-ring (bicyclic) bond motifs is 1. The molecule has 2 aromatic heterocycles. The number of halogens is 4. The van der Waals surface area contributed by atoms with E-state index in [1.54, 1.807) is 12.1 Å². The van der Waals surface area contributed by atoms with Crippen molar-refractivity contribution in [2.75, 3.05) is 18.0 Å². The fourth-order valence-electron chi connectivity index (χ4n) is 3.82. The van der Waals surface area contributed by atoms with Crippen molar-refractivity contribution in [3.8, 4) is 5.75 Å². The number of hydrogen-bond donors (Lipinski definition) is 0. The van der Waals surface area contributed by atoms with Crippen LogP contribution < -0.4 is 9.64 Å². The third-order valence-electron chi connectivity index (χ3n) is 5.58. The summed E-state index contributed by atoms with van der Waals surface area (Å²) in [5, 5.41) is 10.8. The van der Waals surface area contributed by atoms with Crippen LogP contribution in [0, 0.1) is 5.82 Å². The van der Waals surface area contributed by atoms with Crippen molar-refractivity contribution in [3.63, 3.8) is 0 Å². The van der Waals surface area contributed by atoms with Gasteiger partial charge in [-0.2, -0.15) is 17.7 Å². The topological polar surface area (TPSA) is 55.6 Å². The standard InChI is InChI=1S/C24H19F4N5O/c25-19-14-18(6-7-20(19)34-15-16-4-2-1-3-5-16)17-10-12-32(13-11-17)22-9-8-21-29-30-23(24(26,27)28)33(21)31-22/h1-10,14H,11-13,15H2. The Hall–Kier alpha value is -3.95. The molecule has 0 unspecified atom stereocenters. The average Bonchev–Trinajstić information content (AvgIpc) is 3.28. The van der Waals surface area contributed by atoms with E-state index in [2.05, 4.69) is 15.3 Å². The van der Waals surface area contributed by atoms with Crippen LogP contribution in [0.3, 0.4) is 0 Å². The van der Waals surface area contributed by atoms with E-state index in [-0.39, 0.29) is 18.0 Å². The summed E-state index contributed by atoms with van der Waals surface area (Å²) in [5.74, 6) is -1.06. The van der Waals surface area contributed by atoms with Gasteiger partial charge in [-0.3, -0.25) is 0 Å². The molecular weight excluding hydrogens is 450 g/mol. The van der Waals surface area contributed by atoms with Crippen molar-refractivity contribution >= 4 is 17.0 Å². The van der Waals surface area contributed by atoms with Crippen LogP contribution >= 0.6 is 0 Å². The zero-order valence-corrected chi connectivity index (χ0v) is 17.8. The van der Waals surface area contributed by atoms with Gasteiger partial charge in [0.15, 0.2) is 17.2 Å². The van der Waals surface area contributed by atoms with Gasteiger partial charge in [0.05, 0.1) is 0 Å². The Morgan fingerprint density at radius 2 is 1.79 bits per heavy atom. The molecule has 0 amide bonds. The van der Waals surface area contributed by atoms with Crippen LogP contribution in [0.15, 0.2) is 66.7 Å². The van der Waals surface area contributed by atoms with E-state index in [1.165, 1.54) is 12.1 Å². The van der Waals surface area contributed by atoms with Crippen LogP contribution in [0.1, 0.15) is 23.4 Å². The molecule has 0 saturated heterocycles. The monoisotopic (exact) mass is 469 g/mol. The number of alkyl halides is 3. The lowest BCUT2D eigenvalue weighted by Gasteiger charge is -2.27. The van der Waals surface area contributed by atoms with Crippen LogP contribution in [0.5, 0.6) is 5.75 Å². The molecule has 4 aromatic rings. The lowest BCUT2D eigenvalue weighted by Crippen LogP contribution is -2.29. The van der Waals surface area contributed by atoms with Crippen LogP contribution in [-0.2, 0) is 12.8 Å². The highest BCUT2D eigenvalue weighted by molar-refractivity contribution is 5.69. The Kier molecular flexibility index (Phi) is 5.64. The summed E-state index contributed by atoms with van der Waals surface area (Å²) in [5.41, 5.74) is 2.66. The van der Waals surface area contributed by atoms with Gasteiger partial charge in [-0.15, -0.1) is 15.3 Å². The molecule has 0 saturated carbocycles. The van der Waals surface area contributed by atoms with Crippen molar-refractivity contribution in [3.05, 3.63) is 89.5 Å². The minimum absolute atomic E-state index is 0.0226. The van der Waals surface area contributed by atoms with E-state index in [9.17, 15) is 17.6 Å². The molecule has 174 valence electrons. The van der Waals surface area contributed by atoms with E-state index in [1.807, 2.05) is 47.4 Å². The maximum Gasteiger partial charge on any atom is 0.453 e. The Balaban J connectivity index is 1.29. The third-order valence-corrected chi connectivity index (χ3v) is 5.58. The Bertz CT molecular complexity index is 1350. The molecule has 34 heavy (non-hydrogen) atoms. The Morgan fingerprint density at radius 1 is 0.971 bits per heavy atom. The van der Waals surface area contributed by atoms with E-state index < -0.39 is 17.8 Å². The highest BCUT2D eigenvalue weighted by Gasteiger charge is 2.37. The number of hydrogen-bond acceptors (Lipinski definition) is 5. The maximum absolute atomic E-state index is 14.6. The second-order valence-electron chi connectivity index (χ2n) is 7.83. The van der Waals surface area contributed by atoms with E-state index in [0.29, 0.717) is 29.8 Å². The predicted octanol–water partition coefficient (Wildman–Crippen LogP) is 5.15. The van der Waals surface area contributed by atoms with Gasteiger partial charge in [0, 0.05) is 13.1 Å². The molecule has 0 radical (unpaired) electrons. The summed E-state index contributed by atoms with van der Waals surface area (Å²) in [6, 6.07) is 17.4. The summed E-state index contributed by atoms with van der Waals surface area (Å²) in [7, 11) is 0. The molecule has 6 nitrogen and oxygen atoms in total. The van der Waals surface area contributed by atoms with Gasteiger partial charge < -0.3 is 9.64 Å². The summed E-state index contributed by atoms with van der Waals surface area (Å²) in [4.78, 5) is 1.84. The first kappa shape index (κ1) is 21.9. The van der Waals surface area contributed by atoms with Crippen molar-refractivity contribution in [1.82, 2.24) is 19.8 Å². The summed E-state index contributed by atoms with van der Waals surface area (Å²) in [6.45, 7) is 1.21. The largest absolute Gasteiger partial charge is 0.486 e. The molecule has 0 fully saturated rings. The summed E-state index contributed by atoms with van der Waals surface area (Å²) >= 11 is 0. The van der Waals surface area contributed by atoms with Gasteiger partial charge in [0.2, 0.25) is 0 Å². The molecule has 0 spiro atoms. The molecule has 0 aliphatic carbocycles. The Labute approximate surface area is 192 Å². The minimum Gasteiger partial charge on any atom is -0.486 e. The molecule has 1 aliphatic rings. The Morgan fingerprint density at radius 3 is 2.50 bits per heavy atom. The fourth-order valence-corrected chi connectivity index (χ4v) is 3.82. The fraction of sp³-hybridized carbons (Fsp3) is 0.208. The second kappa shape index (κ2) is 8.77. The first-order valence-corrected chi connectivity index (χ1v) is 10.6. The maximum atomic E-state index is 14.6. The van der Waals surface area contributed by atoms with Gasteiger partial charge in [0.25, 0.3) is 5.82 Å². The van der Waals surface area contributed by atoms with Crippen LogP contribution in [0.25, 0.3) is 11.2 Å². The molecule has 0 atom stereocenters. The van der Waals surface area contributed by atoms with Crippen molar-refractivity contribution < 1.29 is 22.3 Å². The number of anilines is 1. The third kappa shape index (κ3) is 4.43. The van der Waals surface area contributed by atoms with Gasteiger partial charge in [-0.25, -0.2) is 4.39 Å². The summed E-state index contributed by atoms with van der Waals surface area (Å²) in [6.07, 6.45) is -2.15. The van der Waals surface area contributed by atoms with E-state index in [0.717, 1.165) is 16.7 Å². The molecule has 0 N–H and O–H groups in total. The number of rotatable bonds is 5. The zero-order valence-electron chi connectivity index (χ0n) is 17.8. The lowest BCUT2D eigenvalue weighted by molar-refractivity contribution is -0.146. The predicted molar refractivity (Wildman–Crippen MR) is 118 cm³/mol. The highest BCUT2D eigenvalue weighted by atomic mass is 19.4. The number of nitrogens with zero attached hydrogens (tertiary/aromatic N) is 5. The van der Waals surface area contributed by atoms with E-state index >= 15 is 0 Å². The molecule has 5 rings (SSSR count). The van der Waals surface area contributed by atoms with Crippen molar-refractivity contribution in [2.45, 2.75) is 19.2 Å². The number of aromatic nitrogens is 4. The SMILES string of the molecule is Fc1cc(C2=CCN(c3ccc4nnc(C(F)(F)F)n4n3)CC2)ccc1OCc1ccccc1. The number of benzene rings is 2. The molecule has 2 aromatic carbocycles. The normalized spacial score (nSPS) is 14.4. The van der Waals surface area contributed by atoms with Gasteiger partial charge >= 0.3 is 6.18 Å². The quantitative estimate of drug-likeness (QED) is 0.378. The van der Waals surface area contributed by atoms with Crippen molar-refractivity contribution in [1.29, 1.82) is 0 Å². The first-order chi connectivity index (χ1) is 16.4. The first-order valence-electron chi connectivity index (χ1n) is 10.6. The molecule has 10 heteroatoms. The van der Waals surface area contributed by atoms with Gasteiger partial charge in [0.1, 0.15) is 12.4 Å². The smallest absolute Gasteiger partial charge is 0.453 e. The highest BCUT2D eigenvalue weighted by Crippen LogP contribution is 2.30. The zero-order chi connectivity index (χ0) is 23.7. The average molecular weight is 469 g/mol. The molecule has 3 heterocycles. The lowest BCUT2D eigenvalue weighted by atomic mass is 9.99. The summed E-state index contributed by atoms with van der Waals surface area (Å²) < 4.78 is 60.3. The second-order valence-corrected chi connectivity index (χ2v) is 7.83. The molecule has 0 bridgehead atoms. The van der Waals surface area contributed by atoms with Crippen LogP contribution in [0.4, 0.5) is 23.4 Å². The number of ether oxygens (including phenoxy) is 1. The molecule has 1 aliphatic heterocycles. The van der Waals surface area contributed by atoms with Crippen LogP contribution in [0.2, 0.25) is 0 Å². The van der Waals surface area contributed by atoms with Gasteiger partial charge in [-0.1, -0.05) is 42.5 Å². The van der Waals surface area contributed by atoms with E-state index in [4.69, 9.17) is 4.74 Å². The molecular formula is C24H19F4N5O.